The molecule has 20 heavy (non-hydrogen) atoms. The molecule has 1 heterocycles. The average Bonchev–Trinajstić information content (AvgIpc) is 2.46. The molecule has 104 valence electrons. The molecule has 0 aliphatic rings. The minimum atomic E-state index is -0.587. The Morgan fingerprint density at radius 1 is 1.40 bits per heavy atom. The van der Waals surface area contributed by atoms with Crippen LogP contribution in [0.4, 0.5) is 11.6 Å². The van der Waals surface area contributed by atoms with E-state index >= 15 is 0 Å². The van der Waals surface area contributed by atoms with Gasteiger partial charge in [0.15, 0.2) is 0 Å². The number of benzene rings is 1. The van der Waals surface area contributed by atoms with E-state index in [0.29, 0.717) is 5.02 Å². The predicted octanol–water partition coefficient (Wildman–Crippen LogP) is 2.66. The number of halogens is 1. The van der Waals surface area contributed by atoms with Crippen molar-refractivity contribution in [3.63, 3.8) is 0 Å². The van der Waals surface area contributed by atoms with Crippen LogP contribution in [0.15, 0.2) is 30.5 Å². The first-order chi connectivity index (χ1) is 9.60. The predicted molar refractivity (Wildman–Crippen MR) is 74.0 cm³/mol. The van der Waals surface area contributed by atoms with Gasteiger partial charge in [-0.3, -0.25) is 10.1 Å². The van der Waals surface area contributed by atoms with E-state index in [1.54, 1.807) is 31.3 Å². The van der Waals surface area contributed by atoms with Crippen molar-refractivity contribution < 1.29 is 9.66 Å². The first kappa shape index (κ1) is 14.0. The number of anilines is 1. The van der Waals surface area contributed by atoms with Gasteiger partial charge in [0.1, 0.15) is 12.8 Å². The van der Waals surface area contributed by atoms with E-state index in [1.807, 2.05) is 0 Å². The van der Waals surface area contributed by atoms with E-state index in [1.165, 1.54) is 0 Å². The lowest BCUT2D eigenvalue weighted by Crippen LogP contribution is -2.04. The summed E-state index contributed by atoms with van der Waals surface area (Å²) in [6, 6.07) is 6.98. The van der Waals surface area contributed by atoms with Crippen molar-refractivity contribution in [1.29, 1.82) is 0 Å². The average molecular weight is 295 g/mol. The van der Waals surface area contributed by atoms with Crippen LogP contribution in [-0.2, 0) is 6.61 Å². The molecule has 7 nitrogen and oxygen atoms in total. The summed E-state index contributed by atoms with van der Waals surface area (Å²) in [5, 5.41) is 14.2. The van der Waals surface area contributed by atoms with Gasteiger partial charge in [0.25, 0.3) is 5.88 Å². The van der Waals surface area contributed by atoms with Crippen LogP contribution >= 0.6 is 11.6 Å². The summed E-state index contributed by atoms with van der Waals surface area (Å²) in [5.74, 6) is 0.172. The Kier molecular flexibility index (Phi) is 4.31. The molecule has 1 N–H and O–H groups in total. The molecule has 0 radical (unpaired) electrons. The third-order valence-electron chi connectivity index (χ3n) is 2.44. The molecule has 0 spiro atoms. The quantitative estimate of drug-likeness (QED) is 0.673. The van der Waals surface area contributed by atoms with Crippen molar-refractivity contribution in [3.05, 3.63) is 51.2 Å². The Morgan fingerprint density at radius 3 is 2.70 bits per heavy atom. The van der Waals surface area contributed by atoms with Gasteiger partial charge in [0.05, 0.1) is 4.92 Å². The van der Waals surface area contributed by atoms with Gasteiger partial charge in [-0.05, 0) is 17.7 Å². The molecule has 8 heteroatoms. The summed E-state index contributed by atoms with van der Waals surface area (Å²) >= 11 is 5.78. The standard InChI is InChI=1S/C12H11ClN4O3/c1-14-12-15-6-10(17(18)19)11(16-12)20-7-8-2-4-9(13)5-3-8/h2-6H,7H2,1H3,(H,14,15,16). The highest BCUT2D eigenvalue weighted by molar-refractivity contribution is 6.30. The smallest absolute Gasteiger partial charge is 0.349 e. The van der Waals surface area contributed by atoms with Crippen LogP contribution in [0, 0.1) is 10.1 Å². The Hall–Kier alpha value is -2.41. The number of rotatable bonds is 5. The number of aromatic nitrogens is 2. The molecule has 0 bridgehead atoms. The van der Waals surface area contributed by atoms with Gasteiger partial charge in [-0.2, -0.15) is 4.98 Å². The van der Waals surface area contributed by atoms with Gasteiger partial charge in [-0.15, -0.1) is 0 Å². The van der Waals surface area contributed by atoms with Crippen LogP contribution in [0.25, 0.3) is 0 Å². The molecule has 2 aromatic rings. The molecule has 0 unspecified atom stereocenters. The number of nitrogens with one attached hydrogen (secondary N) is 1. The molecule has 0 aliphatic carbocycles. The maximum Gasteiger partial charge on any atom is 0.349 e. The van der Waals surface area contributed by atoms with Gasteiger partial charge < -0.3 is 10.1 Å². The zero-order valence-corrected chi connectivity index (χ0v) is 11.3. The lowest BCUT2D eigenvalue weighted by molar-refractivity contribution is -0.386. The van der Waals surface area contributed by atoms with Crippen LogP contribution in [0.2, 0.25) is 5.02 Å². The van der Waals surface area contributed by atoms with Gasteiger partial charge >= 0.3 is 5.69 Å². The van der Waals surface area contributed by atoms with E-state index < -0.39 is 4.92 Å². The summed E-state index contributed by atoms with van der Waals surface area (Å²) in [7, 11) is 1.62. The summed E-state index contributed by atoms with van der Waals surface area (Å²) in [6.45, 7) is 0.151. The van der Waals surface area contributed by atoms with Crippen molar-refractivity contribution in [2.24, 2.45) is 0 Å². The zero-order valence-electron chi connectivity index (χ0n) is 10.5. The lowest BCUT2D eigenvalue weighted by Gasteiger charge is -2.07. The van der Waals surface area contributed by atoms with Crippen molar-refractivity contribution >= 4 is 23.2 Å². The Bertz CT molecular complexity index is 619. The van der Waals surface area contributed by atoms with Crippen molar-refractivity contribution in [2.45, 2.75) is 6.61 Å². The molecule has 0 fully saturated rings. The van der Waals surface area contributed by atoms with E-state index in [4.69, 9.17) is 16.3 Å². The molecule has 0 aliphatic heterocycles. The van der Waals surface area contributed by atoms with Crippen LogP contribution in [0.1, 0.15) is 5.56 Å². The summed E-state index contributed by atoms with van der Waals surface area (Å²) < 4.78 is 5.39. The molecular formula is C12H11ClN4O3. The van der Waals surface area contributed by atoms with Crippen LogP contribution < -0.4 is 10.1 Å². The lowest BCUT2D eigenvalue weighted by atomic mass is 10.2. The second kappa shape index (κ2) is 6.16. The molecule has 0 amide bonds. The monoisotopic (exact) mass is 294 g/mol. The molecular weight excluding hydrogens is 284 g/mol. The second-order valence-electron chi connectivity index (χ2n) is 3.81. The molecule has 0 atom stereocenters. The minimum Gasteiger partial charge on any atom is -0.468 e. The van der Waals surface area contributed by atoms with Crippen molar-refractivity contribution in [1.82, 2.24) is 9.97 Å². The van der Waals surface area contributed by atoms with E-state index in [9.17, 15) is 10.1 Å². The van der Waals surface area contributed by atoms with E-state index in [-0.39, 0.29) is 24.1 Å². The number of ether oxygens (including phenoxy) is 1. The van der Waals surface area contributed by atoms with Crippen molar-refractivity contribution in [2.75, 3.05) is 12.4 Å². The highest BCUT2D eigenvalue weighted by atomic mass is 35.5. The Morgan fingerprint density at radius 2 is 2.10 bits per heavy atom. The molecule has 1 aromatic heterocycles. The summed E-state index contributed by atoms with van der Waals surface area (Å²) in [4.78, 5) is 18.0. The number of nitrogens with zero attached hydrogens (tertiary/aromatic N) is 3. The maximum atomic E-state index is 10.9. The third kappa shape index (κ3) is 3.33. The third-order valence-corrected chi connectivity index (χ3v) is 2.70. The SMILES string of the molecule is CNc1ncc([N+](=O)[O-])c(OCc2ccc(Cl)cc2)n1. The molecule has 1 aromatic carbocycles. The first-order valence-electron chi connectivity index (χ1n) is 5.66. The van der Waals surface area contributed by atoms with E-state index in [2.05, 4.69) is 15.3 Å². The Balaban J connectivity index is 2.18. The van der Waals surface area contributed by atoms with E-state index in [0.717, 1.165) is 11.8 Å². The summed E-state index contributed by atoms with van der Waals surface area (Å²) in [5.41, 5.74) is 0.547. The van der Waals surface area contributed by atoms with Gasteiger partial charge in [0, 0.05) is 12.1 Å². The van der Waals surface area contributed by atoms with Crippen LogP contribution in [-0.4, -0.2) is 21.9 Å². The highest BCUT2D eigenvalue weighted by Gasteiger charge is 2.18. The second-order valence-corrected chi connectivity index (χ2v) is 4.24. The topological polar surface area (TPSA) is 90.2 Å². The van der Waals surface area contributed by atoms with Crippen LogP contribution in [0.5, 0.6) is 5.88 Å². The highest BCUT2D eigenvalue weighted by Crippen LogP contribution is 2.25. The number of hydrogen-bond acceptors (Lipinski definition) is 6. The van der Waals surface area contributed by atoms with Gasteiger partial charge in [-0.1, -0.05) is 23.7 Å². The summed E-state index contributed by atoms with van der Waals surface area (Å²) in [6.07, 6.45) is 1.11. The fourth-order valence-electron chi connectivity index (χ4n) is 1.44. The molecule has 0 saturated carbocycles. The Labute approximate surface area is 119 Å². The fourth-order valence-corrected chi connectivity index (χ4v) is 1.57. The zero-order chi connectivity index (χ0) is 14.5. The van der Waals surface area contributed by atoms with Gasteiger partial charge in [0.2, 0.25) is 5.95 Å². The maximum absolute atomic E-state index is 10.9. The number of hydrogen-bond donors (Lipinski definition) is 1. The molecule has 0 saturated heterocycles. The normalized spacial score (nSPS) is 10.1. The largest absolute Gasteiger partial charge is 0.468 e. The minimum absolute atomic E-state index is 0.0794. The fraction of sp³-hybridized carbons (Fsp3) is 0.167. The first-order valence-corrected chi connectivity index (χ1v) is 6.04. The van der Waals surface area contributed by atoms with Crippen LogP contribution in [0.3, 0.4) is 0 Å². The molecule has 2 rings (SSSR count). The van der Waals surface area contributed by atoms with Gasteiger partial charge in [-0.25, -0.2) is 4.98 Å². The number of nitro groups is 1. The van der Waals surface area contributed by atoms with Crippen molar-refractivity contribution in [3.8, 4) is 5.88 Å².